The Hall–Kier alpha value is -3.65. The first-order valence-electron chi connectivity index (χ1n) is 8.02. The number of carbonyl (C=O) groups excluding carboxylic acids is 1. The molecule has 2 heterocycles. The Labute approximate surface area is 159 Å². The summed E-state index contributed by atoms with van der Waals surface area (Å²) in [6.07, 6.45) is 2.09. The monoisotopic (exact) mass is 379 g/mol. The smallest absolute Gasteiger partial charge is 0.211 e. The van der Waals surface area contributed by atoms with Gasteiger partial charge in [-0.1, -0.05) is 17.7 Å². The first-order valence-corrected chi connectivity index (χ1v) is 8.39. The van der Waals surface area contributed by atoms with E-state index < -0.39 is 0 Å². The number of amides is 1. The molecule has 134 valence electrons. The highest BCUT2D eigenvalue weighted by Gasteiger charge is 2.13. The van der Waals surface area contributed by atoms with Gasteiger partial charge in [-0.15, -0.1) is 0 Å². The number of nitrogens with one attached hydrogen (secondary N) is 4. The van der Waals surface area contributed by atoms with Gasteiger partial charge in [0.05, 0.1) is 0 Å². The number of nitrogens with zero attached hydrogens (tertiary/aromatic N) is 3. The van der Waals surface area contributed by atoms with Crippen LogP contribution in [0.5, 0.6) is 0 Å². The van der Waals surface area contributed by atoms with E-state index in [9.17, 15) is 4.79 Å². The molecule has 0 fully saturated rings. The molecule has 0 aliphatic rings. The highest BCUT2D eigenvalue weighted by molar-refractivity contribution is 6.30. The van der Waals surface area contributed by atoms with E-state index in [-0.39, 0.29) is 0 Å². The summed E-state index contributed by atoms with van der Waals surface area (Å²) in [5, 5.41) is 17.6. The number of carbonyl (C=O) groups is 1. The van der Waals surface area contributed by atoms with Gasteiger partial charge in [-0.05, 0) is 42.5 Å². The Balaban J connectivity index is 1.66. The summed E-state index contributed by atoms with van der Waals surface area (Å²) < 4.78 is 0. The second kappa shape index (κ2) is 7.30. The number of fused-ring (bicyclic) bond motifs is 1. The second-order valence-electron chi connectivity index (χ2n) is 5.62. The van der Waals surface area contributed by atoms with Crippen LogP contribution in [0.1, 0.15) is 0 Å². The molecule has 8 nitrogen and oxygen atoms in total. The zero-order valence-corrected chi connectivity index (χ0v) is 14.7. The summed E-state index contributed by atoms with van der Waals surface area (Å²) in [5.74, 6) is 1.17. The van der Waals surface area contributed by atoms with Gasteiger partial charge in [0.25, 0.3) is 0 Å². The van der Waals surface area contributed by atoms with Crippen molar-refractivity contribution in [2.24, 2.45) is 0 Å². The summed E-state index contributed by atoms with van der Waals surface area (Å²) in [6, 6.07) is 14.6. The van der Waals surface area contributed by atoms with Crippen molar-refractivity contribution in [3.8, 4) is 0 Å². The van der Waals surface area contributed by atoms with E-state index in [0.717, 1.165) is 11.4 Å². The minimum absolute atomic E-state index is 0.575. The molecule has 4 aromatic rings. The van der Waals surface area contributed by atoms with Gasteiger partial charge in [0.1, 0.15) is 17.5 Å². The molecule has 0 spiro atoms. The third kappa shape index (κ3) is 3.65. The van der Waals surface area contributed by atoms with E-state index in [2.05, 4.69) is 36.1 Å². The van der Waals surface area contributed by atoms with Crippen LogP contribution in [0.2, 0.25) is 5.02 Å². The van der Waals surface area contributed by atoms with E-state index >= 15 is 0 Å². The third-order valence-electron chi connectivity index (χ3n) is 3.82. The third-order valence-corrected chi connectivity index (χ3v) is 4.05. The van der Waals surface area contributed by atoms with Gasteiger partial charge >= 0.3 is 0 Å². The second-order valence-corrected chi connectivity index (χ2v) is 6.05. The van der Waals surface area contributed by atoms with Gasteiger partial charge in [0, 0.05) is 22.1 Å². The molecule has 0 bridgehead atoms. The molecule has 0 aliphatic heterocycles. The first kappa shape index (κ1) is 16.8. The fourth-order valence-electron chi connectivity index (χ4n) is 2.60. The van der Waals surface area contributed by atoms with Crippen molar-refractivity contribution in [2.75, 3.05) is 16.0 Å². The number of halogens is 1. The number of H-pyrrole nitrogens is 1. The standard InChI is InChI=1S/C18H14ClN7O/c19-11-2-1-3-14(8-11)24-16-15-17(21-9-20-16)25-26-18(15)23-13-6-4-12(5-7-13)22-10-27/h1-10H,(H,22,27)(H3,20,21,23,24,25,26). The topological polar surface area (TPSA) is 108 Å². The van der Waals surface area contributed by atoms with Crippen LogP contribution < -0.4 is 16.0 Å². The van der Waals surface area contributed by atoms with Gasteiger partial charge in [-0.25, -0.2) is 9.97 Å². The average Bonchev–Trinajstić information content (AvgIpc) is 3.08. The molecule has 0 unspecified atom stereocenters. The highest BCUT2D eigenvalue weighted by Crippen LogP contribution is 2.30. The molecule has 0 atom stereocenters. The van der Waals surface area contributed by atoms with E-state index in [1.807, 2.05) is 24.3 Å². The van der Waals surface area contributed by atoms with Gasteiger partial charge in [0.2, 0.25) is 6.41 Å². The van der Waals surface area contributed by atoms with Crippen molar-refractivity contribution in [3.63, 3.8) is 0 Å². The summed E-state index contributed by atoms with van der Waals surface area (Å²) in [7, 11) is 0. The van der Waals surface area contributed by atoms with Crippen LogP contribution in [-0.2, 0) is 4.79 Å². The predicted molar refractivity (Wildman–Crippen MR) is 106 cm³/mol. The Morgan fingerprint density at radius 3 is 2.48 bits per heavy atom. The number of aromatic nitrogens is 4. The largest absolute Gasteiger partial charge is 0.339 e. The van der Waals surface area contributed by atoms with Gasteiger partial charge in [-0.2, -0.15) is 5.10 Å². The Morgan fingerprint density at radius 2 is 1.70 bits per heavy atom. The number of hydrogen-bond donors (Lipinski definition) is 4. The van der Waals surface area contributed by atoms with Crippen molar-refractivity contribution >= 4 is 57.7 Å². The zero-order valence-electron chi connectivity index (χ0n) is 13.9. The van der Waals surface area contributed by atoms with E-state index in [4.69, 9.17) is 11.6 Å². The quantitative estimate of drug-likeness (QED) is 0.376. The van der Waals surface area contributed by atoms with Crippen LogP contribution in [0.3, 0.4) is 0 Å². The molecule has 9 heteroatoms. The van der Waals surface area contributed by atoms with Crippen molar-refractivity contribution in [2.45, 2.75) is 0 Å². The lowest BCUT2D eigenvalue weighted by molar-refractivity contribution is -0.105. The summed E-state index contributed by atoms with van der Waals surface area (Å²) in [6.45, 7) is 0. The van der Waals surface area contributed by atoms with Gasteiger partial charge < -0.3 is 16.0 Å². The van der Waals surface area contributed by atoms with Crippen molar-refractivity contribution in [1.29, 1.82) is 0 Å². The number of anilines is 5. The lowest BCUT2D eigenvalue weighted by atomic mass is 10.2. The van der Waals surface area contributed by atoms with Crippen LogP contribution in [0.15, 0.2) is 54.9 Å². The molecular formula is C18H14ClN7O. The molecule has 2 aromatic heterocycles. The van der Waals surface area contributed by atoms with E-state index in [1.54, 1.807) is 24.3 Å². The minimum atomic E-state index is 0.575. The molecule has 2 aromatic carbocycles. The predicted octanol–water partition coefficient (Wildman–Crippen LogP) is 4.06. The summed E-state index contributed by atoms with van der Waals surface area (Å²) in [5.41, 5.74) is 2.90. The average molecular weight is 380 g/mol. The fourth-order valence-corrected chi connectivity index (χ4v) is 2.79. The SMILES string of the molecule is O=CNc1ccc(Nc2n[nH]c3ncnc(Nc4cccc(Cl)c4)c23)cc1. The number of benzene rings is 2. The zero-order chi connectivity index (χ0) is 18.6. The van der Waals surface area contributed by atoms with Crippen LogP contribution in [-0.4, -0.2) is 26.6 Å². The molecule has 0 saturated heterocycles. The van der Waals surface area contributed by atoms with Crippen molar-refractivity contribution < 1.29 is 4.79 Å². The van der Waals surface area contributed by atoms with Crippen LogP contribution in [0, 0.1) is 0 Å². The maximum atomic E-state index is 10.5. The van der Waals surface area contributed by atoms with Crippen molar-refractivity contribution in [3.05, 3.63) is 59.9 Å². The number of hydrogen-bond acceptors (Lipinski definition) is 6. The molecule has 1 amide bonds. The maximum absolute atomic E-state index is 10.5. The normalized spacial score (nSPS) is 10.6. The van der Waals surface area contributed by atoms with Crippen molar-refractivity contribution in [1.82, 2.24) is 20.2 Å². The summed E-state index contributed by atoms with van der Waals surface area (Å²) >= 11 is 6.05. The van der Waals surface area contributed by atoms with Crippen LogP contribution in [0.25, 0.3) is 11.0 Å². The molecule has 27 heavy (non-hydrogen) atoms. The highest BCUT2D eigenvalue weighted by atomic mass is 35.5. The fraction of sp³-hybridized carbons (Fsp3) is 0. The maximum Gasteiger partial charge on any atom is 0.211 e. The molecule has 0 radical (unpaired) electrons. The lowest BCUT2D eigenvalue weighted by Crippen LogP contribution is -1.98. The minimum Gasteiger partial charge on any atom is -0.339 e. The van der Waals surface area contributed by atoms with Crippen LogP contribution in [0.4, 0.5) is 28.7 Å². The van der Waals surface area contributed by atoms with E-state index in [0.29, 0.717) is 39.8 Å². The van der Waals surface area contributed by atoms with Crippen LogP contribution >= 0.6 is 11.6 Å². The van der Waals surface area contributed by atoms with Gasteiger partial charge in [0.15, 0.2) is 11.5 Å². The molecule has 4 N–H and O–H groups in total. The Morgan fingerprint density at radius 1 is 0.926 bits per heavy atom. The Kier molecular flexibility index (Phi) is 4.54. The molecule has 0 saturated carbocycles. The lowest BCUT2D eigenvalue weighted by Gasteiger charge is -2.09. The molecule has 4 rings (SSSR count). The Bertz CT molecular complexity index is 1090. The summed E-state index contributed by atoms with van der Waals surface area (Å²) in [4.78, 5) is 19.0. The van der Waals surface area contributed by atoms with Gasteiger partial charge in [-0.3, -0.25) is 9.89 Å². The first-order chi connectivity index (χ1) is 13.2. The molecular weight excluding hydrogens is 366 g/mol. The number of rotatable bonds is 6. The number of aromatic amines is 1. The molecule has 0 aliphatic carbocycles. The van der Waals surface area contributed by atoms with E-state index in [1.165, 1.54) is 6.33 Å².